The predicted octanol–water partition coefficient (Wildman–Crippen LogP) is 2.41. The maximum absolute atomic E-state index is 12.6. The van der Waals surface area contributed by atoms with Crippen LogP contribution in [0.3, 0.4) is 0 Å². The molecule has 0 heterocycles. The Labute approximate surface area is 115 Å². The summed E-state index contributed by atoms with van der Waals surface area (Å²) >= 11 is 0. The van der Waals surface area contributed by atoms with Gasteiger partial charge in [0.1, 0.15) is 0 Å². The van der Waals surface area contributed by atoms with E-state index in [9.17, 15) is 9.59 Å². The highest BCUT2D eigenvalue weighted by Gasteiger charge is 2.36. The molecule has 1 atom stereocenters. The van der Waals surface area contributed by atoms with Gasteiger partial charge in [0.25, 0.3) is 0 Å². The average molecular weight is 270 g/mol. The third kappa shape index (κ3) is 4.73. The summed E-state index contributed by atoms with van der Waals surface area (Å²) < 4.78 is 0. The van der Waals surface area contributed by atoms with E-state index in [-0.39, 0.29) is 18.5 Å². The largest absolute Gasteiger partial charge is 0.481 e. The fourth-order valence-electron chi connectivity index (χ4n) is 2.33. The molecule has 0 aromatic rings. The van der Waals surface area contributed by atoms with E-state index in [1.54, 1.807) is 11.8 Å². The number of amides is 2. The summed E-state index contributed by atoms with van der Waals surface area (Å²) in [6.07, 6.45) is 2.15. The molecule has 0 saturated heterocycles. The van der Waals surface area contributed by atoms with Crippen molar-refractivity contribution in [2.75, 3.05) is 13.1 Å². The van der Waals surface area contributed by atoms with Crippen molar-refractivity contribution >= 4 is 12.0 Å². The van der Waals surface area contributed by atoms with Crippen molar-refractivity contribution in [3.8, 4) is 0 Å². The fourth-order valence-corrected chi connectivity index (χ4v) is 2.33. The van der Waals surface area contributed by atoms with Gasteiger partial charge in [0, 0.05) is 25.2 Å². The molecule has 1 N–H and O–H groups in total. The third-order valence-electron chi connectivity index (χ3n) is 3.38. The minimum Gasteiger partial charge on any atom is -0.481 e. The van der Waals surface area contributed by atoms with Crippen LogP contribution < -0.4 is 0 Å². The van der Waals surface area contributed by atoms with Gasteiger partial charge < -0.3 is 14.9 Å². The Morgan fingerprint density at radius 2 is 1.84 bits per heavy atom. The number of carbonyl (C=O) groups is 2. The number of hydrogen-bond acceptors (Lipinski definition) is 2. The first-order valence-electron chi connectivity index (χ1n) is 7.15. The topological polar surface area (TPSA) is 60.9 Å². The summed E-state index contributed by atoms with van der Waals surface area (Å²) in [7, 11) is 0. The molecule has 1 aliphatic carbocycles. The van der Waals surface area contributed by atoms with Crippen LogP contribution in [0.25, 0.3) is 0 Å². The Balaban J connectivity index is 2.71. The Morgan fingerprint density at radius 1 is 1.26 bits per heavy atom. The van der Waals surface area contributed by atoms with Gasteiger partial charge in [0.2, 0.25) is 0 Å². The van der Waals surface area contributed by atoms with Crippen LogP contribution in [0.2, 0.25) is 0 Å². The molecule has 5 heteroatoms. The molecule has 5 nitrogen and oxygen atoms in total. The van der Waals surface area contributed by atoms with E-state index in [1.165, 1.54) is 0 Å². The van der Waals surface area contributed by atoms with Gasteiger partial charge >= 0.3 is 12.0 Å². The van der Waals surface area contributed by atoms with Crippen molar-refractivity contribution < 1.29 is 14.7 Å². The summed E-state index contributed by atoms with van der Waals surface area (Å²) in [6.45, 7) is 9.19. The Bertz CT molecular complexity index is 327. The quantitative estimate of drug-likeness (QED) is 0.772. The predicted molar refractivity (Wildman–Crippen MR) is 74.1 cm³/mol. The first-order valence-corrected chi connectivity index (χ1v) is 7.15. The van der Waals surface area contributed by atoms with Crippen molar-refractivity contribution in [3.05, 3.63) is 0 Å². The zero-order valence-corrected chi connectivity index (χ0v) is 12.4. The van der Waals surface area contributed by atoms with Gasteiger partial charge in [-0.2, -0.15) is 0 Å². The molecular weight excluding hydrogens is 244 g/mol. The molecule has 1 fully saturated rings. The molecule has 0 spiro atoms. The monoisotopic (exact) mass is 270 g/mol. The number of urea groups is 1. The summed E-state index contributed by atoms with van der Waals surface area (Å²) in [5.74, 6) is -0.432. The summed E-state index contributed by atoms with van der Waals surface area (Å²) in [4.78, 5) is 27.0. The minimum atomic E-state index is -0.861. The van der Waals surface area contributed by atoms with Crippen LogP contribution >= 0.6 is 0 Å². The number of aliphatic carboxylic acids is 1. The van der Waals surface area contributed by atoms with Crippen molar-refractivity contribution in [1.82, 2.24) is 9.80 Å². The van der Waals surface area contributed by atoms with Gasteiger partial charge in [0.15, 0.2) is 0 Å². The summed E-state index contributed by atoms with van der Waals surface area (Å²) in [5.41, 5.74) is 0. The second-order valence-electron chi connectivity index (χ2n) is 5.79. The van der Waals surface area contributed by atoms with E-state index in [2.05, 4.69) is 13.8 Å². The Hall–Kier alpha value is -1.26. The van der Waals surface area contributed by atoms with Gasteiger partial charge in [-0.1, -0.05) is 13.8 Å². The zero-order valence-electron chi connectivity index (χ0n) is 12.4. The van der Waals surface area contributed by atoms with Gasteiger partial charge in [-0.05, 0) is 32.6 Å². The highest BCUT2D eigenvalue weighted by molar-refractivity contribution is 5.76. The molecule has 1 rings (SSSR count). The van der Waals surface area contributed by atoms with Crippen LogP contribution in [0, 0.1) is 5.92 Å². The second-order valence-corrected chi connectivity index (χ2v) is 5.79. The lowest BCUT2D eigenvalue weighted by atomic mass is 10.2. The SMILES string of the molecule is CCN(C(=O)N(CC(C)C)C1CC1)C(C)CC(=O)O. The molecule has 2 amide bonds. The highest BCUT2D eigenvalue weighted by atomic mass is 16.4. The normalized spacial score (nSPS) is 16.3. The number of rotatable bonds is 7. The van der Waals surface area contributed by atoms with E-state index < -0.39 is 5.97 Å². The first kappa shape index (κ1) is 15.8. The lowest BCUT2D eigenvalue weighted by molar-refractivity contribution is -0.138. The molecule has 0 bridgehead atoms. The maximum atomic E-state index is 12.6. The molecule has 0 aliphatic heterocycles. The fraction of sp³-hybridized carbons (Fsp3) is 0.857. The van der Waals surface area contributed by atoms with Crippen LogP contribution in [0.1, 0.15) is 47.0 Å². The first-order chi connectivity index (χ1) is 8.86. The van der Waals surface area contributed by atoms with E-state index in [0.717, 1.165) is 19.4 Å². The molecular formula is C14H26N2O3. The van der Waals surface area contributed by atoms with Crippen LogP contribution in [-0.2, 0) is 4.79 Å². The lowest BCUT2D eigenvalue weighted by Gasteiger charge is -2.34. The second kappa shape index (κ2) is 6.78. The van der Waals surface area contributed by atoms with Crippen LogP contribution in [0.4, 0.5) is 4.79 Å². The maximum Gasteiger partial charge on any atom is 0.320 e. The number of hydrogen-bond donors (Lipinski definition) is 1. The van der Waals surface area contributed by atoms with E-state index in [4.69, 9.17) is 5.11 Å². The zero-order chi connectivity index (χ0) is 14.6. The smallest absolute Gasteiger partial charge is 0.320 e. The number of carbonyl (C=O) groups excluding carboxylic acids is 1. The summed E-state index contributed by atoms with van der Waals surface area (Å²) in [5, 5.41) is 8.86. The Morgan fingerprint density at radius 3 is 2.21 bits per heavy atom. The van der Waals surface area contributed by atoms with Crippen LogP contribution in [0.5, 0.6) is 0 Å². The molecule has 110 valence electrons. The molecule has 19 heavy (non-hydrogen) atoms. The van der Waals surface area contributed by atoms with Gasteiger partial charge in [-0.3, -0.25) is 4.79 Å². The van der Waals surface area contributed by atoms with Crippen LogP contribution in [-0.4, -0.2) is 52.1 Å². The molecule has 0 aromatic heterocycles. The van der Waals surface area contributed by atoms with Crippen molar-refractivity contribution in [2.24, 2.45) is 5.92 Å². The third-order valence-corrected chi connectivity index (χ3v) is 3.38. The summed E-state index contributed by atoms with van der Waals surface area (Å²) in [6, 6.07) is 0.0943. The van der Waals surface area contributed by atoms with Crippen molar-refractivity contribution in [1.29, 1.82) is 0 Å². The van der Waals surface area contributed by atoms with Crippen LogP contribution in [0.15, 0.2) is 0 Å². The number of carboxylic acids is 1. The minimum absolute atomic E-state index is 0.000233. The highest BCUT2D eigenvalue weighted by Crippen LogP contribution is 2.29. The van der Waals surface area contributed by atoms with E-state index in [0.29, 0.717) is 18.5 Å². The standard InChI is InChI=1S/C14H26N2O3/c1-5-15(11(4)8-13(17)18)14(19)16(9-10(2)3)12-6-7-12/h10-12H,5-9H2,1-4H3,(H,17,18). The molecule has 0 radical (unpaired) electrons. The average Bonchev–Trinajstić information content (AvgIpc) is 3.09. The van der Waals surface area contributed by atoms with Gasteiger partial charge in [-0.25, -0.2) is 4.79 Å². The van der Waals surface area contributed by atoms with Crippen molar-refractivity contribution in [2.45, 2.75) is 59.0 Å². The molecule has 1 saturated carbocycles. The Kier molecular flexibility index (Phi) is 5.63. The van der Waals surface area contributed by atoms with Crippen molar-refractivity contribution in [3.63, 3.8) is 0 Å². The van der Waals surface area contributed by atoms with E-state index in [1.807, 2.05) is 11.8 Å². The lowest BCUT2D eigenvalue weighted by Crippen LogP contribution is -2.49. The van der Waals surface area contributed by atoms with Gasteiger partial charge in [0.05, 0.1) is 6.42 Å². The number of carboxylic acid groups (broad SMARTS) is 1. The molecule has 1 unspecified atom stereocenters. The molecule has 0 aromatic carbocycles. The number of nitrogens with zero attached hydrogens (tertiary/aromatic N) is 2. The molecule has 1 aliphatic rings. The van der Waals surface area contributed by atoms with Gasteiger partial charge in [-0.15, -0.1) is 0 Å². The van der Waals surface area contributed by atoms with E-state index >= 15 is 0 Å².